The smallest absolute Gasteiger partial charge is 0.0866 e. The minimum absolute atomic E-state index is 0.641. The molecule has 2 heterocycles. The Morgan fingerprint density at radius 1 is 1.39 bits per heavy atom. The van der Waals surface area contributed by atoms with E-state index in [1.165, 1.54) is 0 Å². The molecular formula is C12H18ClN5. The van der Waals surface area contributed by atoms with Gasteiger partial charge in [-0.1, -0.05) is 18.5 Å². The fourth-order valence-electron chi connectivity index (χ4n) is 1.84. The number of hydrogen-bond acceptors (Lipinski definition) is 3. The van der Waals surface area contributed by atoms with Crippen molar-refractivity contribution in [3.63, 3.8) is 0 Å². The van der Waals surface area contributed by atoms with E-state index >= 15 is 0 Å². The molecule has 0 aliphatic heterocycles. The first-order valence-corrected chi connectivity index (χ1v) is 6.40. The molecule has 18 heavy (non-hydrogen) atoms. The van der Waals surface area contributed by atoms with Crippen LogP contribution in [0.2, 0.25) is 5.02 Å². The van der Waals surface area contributed by atoms with Gasteiger partial charge in [-0.2, -0.15) is 10.2 Å². The zero-order valence-electron chi connectivity index (χ0n) is 10.9. The van der Waals surface area contributed by atoms with Gasteiger partial charge in [0.1, 0.15) is 0 Å². The van der Waals surface area contributed by atoms with Crippen molar-refractivity contribution in [2.75, 3.05) is 6.54 Å². The van der Waals surface area contributed by atoms with Crippen LogP contribution in [0.1, 0.15) is 24.0 Å². The van der Waals surface area contributed by atoms with E-state index in [0.717, 1.165) is 35.2 Å². The van der Waals surface area contributed by atoms with Crippen LogP contribution in [0.4, 0.5) is 0 Å². The van der Waals surface area contributed by atoms with Gasteiger partial charge in [0.15, 0.2) is 0 Å². The minimum atomic E-state index is 0.641. The van der Waals surface area contributed by atoms with E-state index in [1.54, 1.807) is 0 Å². The SMILES string of the molecule is CCNCc1ccn(Cc2c(Cl)c(C)nn2C)n1. The number of hydrogen-bond donors (Lipinski definition) is 1. The molecular weight excluding hydrogens is 250 g/mol. The zero-order chi connectivity index (χ0) is 13.1. The van der Waals surface area contributed by atoms with Crippen molar-refractivity contribution in [2.45, 2.75) is 26.9 Å². The molecule has 0 aromatic carbocycles. The Balaban J connectivity index is 2.11. The number of aromatic nitrogens is 4. The molecule has 0 bridgehead atoms. The third-order valence-corrected chi connectivity index (χ3v) is 3.32. The Morgan fingerprint density at radius 2 is 2.17 bits per heavy atom. The first-order chi connectivity index (χ1) is 8.61. The fraction of sp³-hybridized carbons (Fsp3) is 0.500. The third-order valence-electron chi connectivity index (χ3n) is 2.83. The number of rotatable bonds is 5. The molecule has 98 valence electrons. The largest absolute Gasteiger partial charge is 0.311 e. The summed E-state index contributed by atoms with van der Waals surface area (Å²) in [6, 6.07) is 2.01. The molecule has 1 N–H and O–H groups in total. The molecule has 0 spiro atoms. The molecule has 5 nitrogen and oxygen atoms in total. The third kappa shape index (κ3) is 2.73. The second-order valence-corrected chi connectivity index (χ2v) is 4.63. The predicted octanol–water partition coefficient (Wildman–Crippen LogP) is 1.74. The van der Waals surface area contributed by atoms with Crippen molar-refractivity contribution in [3.05, 3.63) is 34.4 Å². The number of nitrogens with zero attached hydrogens (tertiary/aromatic N) is 4. The molecule has 0 fully saturated rings. The minimum Gasteiger partial charge on any atom is -0.311 e. The van der Waals surface area contributed by atoms with E-state index in [-0.39, 0.29) is 0 Å². The molecule has 0 saturated carbocycles. The lowest BCUT2D eigenvalue weighted by atomic mass is 10.3. The Hall–Kier alpha value is -1.33. The second-order valence-electron chi connectivity index (χ2n) is 4.25. The molecule has 0 aliphatic carbocycles. The van der Waals surface area contributed by atoms with E-state index in [0.29, 0.717) is 6.54 Å². The zero-order valence-corrected chi connectivity index (χ0v) is 11.7. The summed E-state index contributed by atoms with van der Waals surface area (Å²) in [6.45, 7) is 6.37. The summed E-state index contributed by atoms with van der Waals surface area (Å²) < 4.78 is 3.69. The van der Waals surface area contributed by atoms with Gasteiger partial charge < -0.3 is 5.32 Å². The maximum absolute atomic E-state index is 6.22. The molecule has 0 amide bonds. The molecule has 0 atom stereocenters. The standard InChI is InChI=1S/C12H18ClN5/c1-4-14-7-10-5-6-18(16-10)8-11-12(13)9(2)15-17(11)3/h5-6,14H,4,7-8H2,1-3H3. The van der Waals surface area contributed by atoms with E-state index in [1.807, 2.05) is 35.6 Å². The summed E-state index contributed by atoms with van der Waals surface area (Å²) >= 11 is 6.22. The lowest BCUT2D eigenvalue weighted by Gasteiger charge is -2.03. The van der Waals surface area contributed by atoms with Crippen molar-refractivity contribution in [1.29, 1.82) is 0 Å². The number of halogens is 1. The number of aryl methyl sites for hydroxylation is 2. The van der Waals surface area contributed by atoms with Crippen LogP contribution in [-0.4, -0.2) is 26.1 Å². The van der Waals surface area contributed by atoms with Crippen molar-refractivity contribution in [3.8, 4) is 0 Å². The second kappa shape index (κ2) is 5.54. The van der Waals surface area contributed by atoms with E-state index in [9.17, 15) is 0 Å². The van der Waals surface area contributed by atoms with Crippen molar-refractivity contribution < 1.29 is 0 Å². The lowest BCUT2D eigenvalue weighted by Crippen LogP contribution is -2.13. The van der Waals surface area contributed by atoms with Gasteiger partial charge in [0.2, 0.25) is 0 Å². The Kier molecular flexibility index (Phi) is 4.04. The van der Waals surface area contributed by atoms with Crippen LogP contribution in [0.3, 0.4) is 0 Å². The maximum Gasteiger partial charge on any atom is 0.0866 e. The van der Waals surface area contributed by atoms with Crippen molar-refractivity contribution in [2.24, 2.45) is 7.05 Å². The highest BCUT2D eigenvalue weighted by molar-refractivity contribution is 6.31. The monoisotopic (exact) mass is 267 g/mol. The molecule has 0 aliphatic rings. The summed E-state index contributed by atoms with van der Waals surface area (Å²) in [6.07, 6.45) is 1.96. The summed E-state index contributed by atoms with van der Waals surface area (Å²) in [5.74, 6) is 0. The first kappa shape index (κ1) is 13.1. The molecule has 2 aromatic heterocycles. The Labute approximate surface area is 112 Å². The van der Waals surface area contributed by atoms with Crippen LogP contribution in [0.15, 0.2) is 12.3 Å². The van der Waals surface area contributed by atoms with E-state index in [2.05, 4.69) is 22.4 Å². The normalized spacial score (nSPS) is 11.1. The van der Waals surface area contributed by atoms with E-state index in [4.69, 9.17) is 11.6 Å². The molecule has 0 unspecified atom stereocenters. The van der Waals surface area contributed by atoms with Crippen LogP contribution < -0.4 is 5.32 Å². The molecule has 2 rings (SSSR count). The van der Waals surface area contributed by atoms with Crippen molar-refractivity contribution in [1.82, 2.24) is 24.9 Å². The molecule has 0 radical (unpaired) electrons. The highest BCUT2D eigenvalue weighted by Crippen LogP contribution is 2.20. The van der Waals surface area contributed by atoms with Gasteiger partial charge in [-0.3, -0.25) is 9.36 Å². The first-order valence-electron chi connectivity index (χ1n) is 6.02. The van der Waals surface area contributed by atoms with Gasteiger partial charge in [-0.15, -0.1) is 0 Å². The molecule has 6 heteroatoms. The van der Waals surface area contributed by atoms with Gasteiger partial charge in [0.25, 0.3) is 0 Å². The highest BCUT2D eigenvalue weighted by atomic mass is 35.5. The van der Waals surface area contributed by atoms with Gasteiger partial charge in [0.05, 0.1) is 28.6 Å². The van der Waals surface area contributed by atoms with Crippen LogP contribution in [0.25, 0.3) is 0 Å². The molecule has 2 aromatic rings. The summed E-state index contributed by atoms with van der Waals surface area (Å²) in [4.78, 5) is 0. The van der Waals surface area contributed by atoms with Gasteiger partial charge >= 0.3 is 0 Å². The fourth-order valence-corrected chi connectivity index (χ4v) is 2.06. The van der Waals surface area contributed by atoms with Gasteiger partial charge in [0, 0.05) is 19.8 Å². The van der Waals surface area contributed by atoms with Crippen LogP contribution in [0.5, 0.6) is 0 Å². The average molecular weight is 268 g/mol. The topological polar surface area (TPSA) is 47.7 Å². The van der Waals surface area contributed by atoms with Gasteiger partial charge in [-0.05, 0) is 19.5 Å². The Morgan fingerprint density at radius 3 is 2.78 bits per heavy atom. The van der Waals surface area contributed by atoms with Crippen LogP contribution >= 0.6 is 11.6 Å². The van der Waals surface area contributed by atoms with Crippen LogP contribution in [-0.2, 0) is 20.1 Å². The highest BCUT2D eigenvalue weighted by Gasteiger charge is 2.11. The number of nitrogens with one attached hydrogen (secondary N) is 1. The summed E-state index contributed by atoms with van der Waals surface area (Å²) in [5.41, 5.74) is 2.87. The predicted molar refractivity (Wildman–Crippen MR) is 71.7 cm³/mol. The lowest BCUT2D eigenvalue weighted by molar-refractivity contribution is 0.603. The molecule has 0 saturated heterocycles. The summed E-state index contributed by atoms with van der Waals surface area (Å²) in [5, 5.41) is 12.8. The summed E-state index contributed by atoms with van der Waals surface area (Å²) in [7, 11) is 1.90. The average Bonchev–Trinajstić information content (AvgIpc) is 2.88. The quantitative estimate of drug-likeness (QED) is 0.898. The van der Waals surface area contributed by atoms with Crippen LogP contribution in [0, 0.1) is 6.92 Å². The van der Waals surface area contributed by atoms with E-state index < -0.39 is 0 Å². The van der Waals surface area contributed by atoms with Gasteiger partial charge in [-0.25, -0.2) is 0 Å². The van der Waals surface area contributed by atoms with Crippen molar-refractivity contribution >= 4 is 11.6 Å². The maximum atomic E-state index is 6.22. The Bertz CT molecular complexity index is 529.